The molecule has 1 aromatic carbocycles. The zero-order chi connectivity index (χ0) is 31.4. The third-order valence-corrected chi connectivity index (χ3v) is 13.0. The van der Waals surface area contributed by atoms with Gasteiger partial charge in [0.25, 0.3) is 0 Å². The van der Waals surface area contributed by atoms with Crippen LogP contribution in [0.15, 0.2) is 60.6 Å². The molecule has 3 N–H and O–H groups in total. The molecular formula is C38H50N8O. The van der Waals surface area contributed by atoms with E-state index in [-0.39, 0.29) is 5.92 Å². The minimum atomic E-state index is 0.114. The van der Waals surface area contributed by atoms with Crippen LogP contribution in [0.5, 0.6) is 5.75 Å². The van der Waals surface area contributed by atoms with Crippen molar-refractivity contribution in [1.82, 2.24) is 34.9 Å². The maximum Gasteiger partial charge on any atom is 0.163 e. The number of fused-ring (bicyclic) bond motifs is 1. The Morgan fingerprint density at radius 2 is 1.49 bits per heavy atom. The van der Waals surface area contributed by atoms with Gasteiger partial charge in [-0.25, -0.2) is 14.6 Å². The number of hydrogen-bond acceptors (Lipinski definition) is 8. The second-order valence-electron chi connectivity index (χ2n) is 15.7. The minimum absolute atomic E-state index is 0.114. The molecule has 2 saturated carbocycles. The van der Waals surface area contributed by atoms with E-state index in [1.165, 1.54) is 77.5 Å². The maximum absolute atomic E-state index is 6.48. The number of nitrogens with zero attached hydrogens (tertiary/aromatic N) is 6. The van der Waals surface area contributed by atoms with Crippen LogP contribution in [0.2, 0.25) is 0 Å². The molecule has 0 amide bonds. The molecule has 47 heavy (non-hydrogen) atoms. The van der Waals surface area contributed by atoms with Crippen molar-refractivity contribution >= 4 is 16.9 Å². The zero-order valence-corrected chi connectivity index (χ0v) is 27.7. The summed E-state index contributed by atoms with van der Waals surface area (Å²) in [6, 6.07) is 11.9. The van der Waals surface area contributed by atoms with Crippen LogP contribution < -0.4 is 15.8 Å². The highest BCUT2D eigenvalue weighted by Gasteiger charge is 2.51. The minimum Gasteiger partial charge on any atom is -0.458 e. The predicted molar refractivity (Wildman–Crippen MR) is 185 cm³/mol. The number of rotatable bonds is 6. The van der Waals surface area contributed by atoms with Gasteiger partial charge in [0.2, 0.25) is 0 Å². The zero-order valence-electron chi connectivity index (χ0n) is 27.7. The van der Waals surface area contributed by atoms with Crippen molar-refractivity contribution in [2.24, 2.45) is 10.8 Å². The van der Waals surface area contributed by atoms with Crippen LogP contribution in [0.4, 0.5) is 5.82 Å². The number of anilines is 1. The smallest absolute Gasteiger partial charge is 0.163 e. The Labute approximate surface area is 278 Å². The van der Waals surface area contributed by atoms with Gasteiger partial charge in [0.15, 0.2) is 5.65 Å². The van der Waals surface area contributed by atoms with Crippen molar-refractivity contribution in [3.8, 4) is 5.75 Å². The summed E-state index contributed by atoms with van der Waals surface area (Å²) in [5.41, 5.74) is 9.64. The summed E-state index contributed by atoms with van der Waals surface area (Å²) in [5.74, 6) is 2.34. The molecule has 3 aliphatic heterocycles. The van der Waals surface area contributed by atoms with Gasteiger partial charge in [0.05, 0.1) is 17.1 Å². The number of piperidine rings is 3. The highest BCUT2D eigenvalue weighted by Crippen LogP contribution is 2.55. The molecule has 3 aromatic rings. The molecule has 0 bridgehead atoms. The average Bonchev–Trinajstić information content (AvgIpc) is 3.48. The summed E-state index contributed by atoms with van der Waals surface area (Å²) in [6.07, 6.45) is 22.4. The maximum atomic E-state index is 6.48. The first-order chi connectivity index (χ1) is 23.1. The van der Waals surface area contributed by atoms with Gasteiger partial charge < -0.3 is 25.6 Å². The van der Waals surface area contributed by atoms with Gasteiger partial charge in [-0.15, -0.1) is 0 Å². The van der Waals surface area contributed by atoms with E-state index >= 15 is 0 Å². The Balaban J connectivity index is 0.798. The molecule has 9 rings (SSSR count). The molecule has 2 spiro atoms. The Morgan fingerprint density at radius 3 is 2.17 bits per heavy atom. The first-order valence-electron chi connectivity index (χ1n) is 18.3. The van der Waals surface area contributed by atoms with E-state index in [1.54, 1.807) is 6.33 Å². The Hall–Kier alpha value is -3.27. The van der Waals surface area contributed by atoms with Gasteiger partial charge >= 0.3 is 0 Å². The SMILES string of the molecule is Nc1ncnc2c1c(C1C=CC(Oc3ccccc3)=CC1)nn2C1CCN(C2CC3(CCN(C4CC5(CCNCC5)C4)CC3)C2)CC1. The quantitative estimate of drug-likeness (QED) is 0.350. The van der Waals surface area contributed by atoms with Crippen molar-refractivity contribution in [1.29, 1.82) is 0 Å². The largest absolute Gasteiger partial charge is 0.458 e. The monoisotopic (exact) mass is 634 g/mol. The molecule has 5 fully saturated rings. The lowest BCUT2D eigenvalue weighted by atomic mass is 9.57. The highest BCUT2D eigenvalue weighted by molar-refractivity contribution is 5.89. The van der Waals surface area contributed by atoms with E-state index in [2.05, 4.69) is 43.0 Å². The number of para-hydroxylation sites is 1. The summed E-state index contributed by atoms with van der Waals surface area (Å²) in [4.78, 5) is 14.7. The number of ether oxygens (including phenoxy) is 1. The standard InChI is InChI=1S/C38H50N8O/c39-35-33-34(27-6-8-32(9-7-27)47-31-4-2-1-3-5-31)43-46(36(33)42-26-41-35)28-10-18-44(19-11-28)29-24-38(25-29)14-20-45(21-15-38)30-22-37(23-30)12-16-40-17-13-37/h1-6,8-9,26-30,40H,7,10-25H2,(H2,39,41,42). The van der Waals surface area contributed by atoms with Gasteiger partial charge in [-0.2, -0.15) is 5.10 Å². The fourth-order valence-electron chi connectivity index (χ4n) is 10.1. The Morgan fingerprint density at radius 1 is 0.809 bits per heavy atom. The molecule has 9 nitrogen and oxygen atoms in total. The van der Waals surface area contributed by atoms with Crippen molar-refractivity contribution < 1.29 is 4.74 Å². The van der Waals surface area contributed by atoms with Crippen molar-refractivity contribution in [2.75, 3.05) is 45.0 Å². The summed E-state index contributed by atoms with van der Waals surface area (Å²) in [6.45, 7) is 7.42. The van der Waals surface area contributed by atoms with Crippen LogP contribution in [-0.2, 0) is 0 Å². The summed E-state index contributed by atoms with van der Waals surface area (Å²) < 4.78 is 8.24. The van der Waals surface area contributed by atoms with Crippen LogP contribution in [0.3, 0.4) is 0 Å². The van der Waals surface area contributed by atoms with Crippen LogP contribution >= 0.6 is 0 Å². The molecule has 248 valence electrons. The molecule has 3 aliphatic carbocycles. The fourth-order valence-corrected chi connectivity index (χ4v) is 10.1. The van der Waals surface area contributed by atoms with Crippen LogP contribution in [0.1, 0.15) is 88.3 Å². The molecular weight excluding hydrogens is 584 g/mol. The number of hydrogen-bond donors (Lipinski definition) is 2. The van der Waals surface area contributed by atoms with Crippen LogP contribution in [0, 0.1) is 10.8 Å². The van der Waals surface area contributed by atoms with Gasteiger partial charge in [-0.05, 0) is 132 Å². The van der Waals surface area contributed by atoms with Gasteiger partial charge in [0, 0.05) is 31.1 Å². The number of allylic oxidation sites excluding steroid dienone is 3. The van der Waals surface area contributed by atoms with E-state index in [9.17, 15) is 0 Å². The Kier molecular flexibility index (Phi) is 7.62. The first kappa shape index (κ1) is 29.8. The topological polar surface area (TPSA) is 97.4 Å². The lowest BCUT2D eigenvalue weighted by Crippen LogP contribution is -2.60. The van der Waals surface area contributed by atoms with Gasteiger partial charge in [0.1, 0.15) is 23.7 Å². The van der Waals surface area contributed by atoms with E-state index < -0.39 is 0 Å². The third kappa shape index (κ3) is 5.58. The third-order valence-electron chi connectivity index (χ3n) is 13.0. The molecule has 5 heterocycles. The van der Waals surface area contributed by atoms with Crippen LogP contribution in [0.25, 0.3) is 11.0 Å². The lowest BCUT2D eigenvalue weighted by Gasteiger charge is -2.59. The molecule has 0 radical (unpaired) electrons. The lowest BCUT2D eigenvalue weighted by molar-refractivity contribution is -0.0850. The number of aromatic nitrogens is 4. The molecule has 6 aliphatic rings. The highest BCUT2D eigenvalue weighted by atomic mass is 16.5. The molecule has 1 atom stereocenters. The predicted octanol–water partition coefficient (Wildman–Crippen LogP) is 5.83. The van der Waals surface area contributed by atoms with E-state index in [0.717, 1.165) is 72.7 Å². The van der Waals surface area contributed by atoms with Crippen molar-refractivity contribution in [2.45, 2.75) is 94.7 Å². The van der Waals surface area contributed by atoms with Crippen LogP contribution in [-0.4, -0.2) is 80.9 Å². The number of benzene rings is 1. The van der Waals surface area contributed by atoms with E-state index in [1.807, 2.05) is 30.3 Å². The first-order valence-corrected chi connectivity index (χ1v) is 18.3. The molecule has 1 unspecified atom stereocenters. The number of nitrogens with one attached hydrogen (secondary N) is 1. The summed E-state index contributed by atoms with van der Waals surface area (Å²) in [7, 11) is 0. The average molecular weight is 635 g/mol. The summed E-state index contributed by atoms with van der Waals surface area (Å²) >= 11 is 0. The number of nitrogen functional groups attached to an aromatic ring is 1. The van der Waals surface area contributed by atoms with Crippen molar-refractivity contribution in [3.63, 3.8) is 0 Å². The second-order valence-corrected chi connectivity index (χ2v) is 15.7. The van der Waals surface area contributed by atoms with Crippen molar-refractivity contribution in [3.05, 3.63) is 66.3 Å². The molecule has 3 saturated heterocycles. The fraction of sp³-hybridized carbons (Fsp3) is 0.605. The molecule has 2 aromatic heterocycles. The van der Waals surface area contributed by atoms with Gasteiger partial charge in [-0.1, -0.05) is 24.3 Å². The summed E-state index contributed by atoms with van der Waals surface area (Å²) in [5, 5.41) is 9.69. The van der Waals surface area contributed by atoms with E-state index in [0.29, 0.717) is 22.7 Å². The van der Waals surface area contributed by atoms with Gasteiger partial charge in [-0.3, -0.25) is 0 Å². The number of likely N-dealkylation sites (tertiary alicyclic amines) is 2. The Bertz CT molecular complexity index is 1630. The normalized spacial score (nSPS) is 28.3. The molecule has 9 heteroatoms. The second kappa shape index (κ2) is 12.0. The number of nitrogens with two attached hydrogens (primary N) is 1. The van der Waals surface area contributed by atoms with E-state index in [4.69, 9.17) is 20.6 Å².